The number of hydrazine groups is 1. The van der Waals surface area contributed by atoms with Crippen molar-refractivity contribution in [3.8, 4) is 5.88 Å². The van der Waals surface area contributed by atoms with Gasteiger partial charge in [-0.3, -0.25) is 10.1 Å². The van der Waals surface area contributed by atoms with Gasteiger partial charge in [-0.15, -0.1) is 0 Å². The van der Waals surface area contributed by atoms with Crippen LogP contribution >= 0.6 is 0 Å². The third kappa shape index (κ3) is 3.99. The first-order valence-corrected chi connectivity index (χ1v) is 4.06. The summed E-state index contributed by atoms with van der Waals surface area (Å²) in [7, 11) is 0. The van der Waals surface area contributed by atoms with Crippen LogP contribution in [0.3, 0.4) is 0 Å². The first kappa shape index (κ1) is 12.2. The molecule has 0 fully saturated rings. The van der Waals surface area contributed by atoms with Gasteiger partial charge in [0.25, 0.3) is 5.69 Å². The van der Waals surface area contributed by atoms with E-state index in [1.807, 2.05) is 0 Å². The summed E-state index contributed by atoms with van der Waals surface area (Å²) in [6, 6.07) is 2.03. The zero-order chi connectivity index (χ0) is 12.8. The smallest absolute Gasteiger partial charge is 0.432 e. The van der Waals surface area contributed by atoms with Crippen molar-refractivity contribution < 1.29 is 24.4 Å². The number of carboxylic acid groups (broad SMARTS) is 1. The van der Waals surface area contributed by atoms with Crippen molar-refractivity contribution in [1.29, 1.82) is 0 Å². The van der Waals surface area contributed by atoms with E-state index in [1.54, 1.807) is 5.43 Å². The first-order chi connectivity index (χ1) is 7.99. The maximum atomic E-state index is 10.9. The molecule has 0 saturated heterocycles. The molecule has 0 bridgehead atoms. The predicted molar refractivity (Wildman–Crippen MR) is 51.2 cm³/mol. The van der Waals surface area contributed by atoms with E-state index in [4.69, 9.17) is 5.11 Å². The van der Waals surface area contributed by atoms with Crippen molar-refractivity contribution in [3.63, 3.8) is 0 Å². The van der Waals surface area contributed by atoms with Gasteiger partial charge >= 0.3 is 12.2 Å². The molecule has 1 aromatic rings. The minimum atomic E-state index is -1.49. The van der Waals surface area contributed by atoms with Gasteiger partial charge in [0.05, 0.1) is 11.0 Å². The number of amides is 2. The van der Waals surface area contributed by atoms with Crippen molar-refractivity contribution in [1.82, 2.24) is 15.8 Å². The zero-order valence-corrected chi connectivity index (χ0v) is 8.11. The van der Waals surface area contributed by atoms with E-state index in [0.29, 0.717) is 0 Å². The largest absolute Gasteiger partial charge is 0.464 e. The summed E-state index contributed by atoms with van der Waals surface area (Å²) in [5, 5.41) is 18.5. The van der Waals surface area contributed by atoms with Gasteiger partial charge in [-0.1, -0.05) is 0 Å². The van der Waals surface area contributed by atoms with Gasteiger partial charge in [-0.05, 0) is 0 Å². The van der Waals surface area contributed by atoms with Crippen LogP contribution in [0.2, 0.25) is 0 Å². The number of hydrogen-bond donors (Lipinski definition) is 3. The average Bonchev–Trinajstić information content (AvgIpc) is 2.26. The molecule has 3 N–H and O–H groups in total. The fourth-order valence-electron chi connectivity index (χ4n) is 0.793. The Morgan fingerprint density at radius 2 is 2.18 bits per heavy atom. The molecule has 0 aliphatic carbocycles. The topological polar surface area (TPSA) is 144 Å². The molecule has 10 heteroatoms. The molecular formula is C7H6N4O6. The Bertz CT molecular complexity index is 461. The second-order valence-corrected chi connectivity index (χ2v) is 2.55. The quantitative estimate of drug-likeness (QED) is 0.498. The summed E-state index contributed by atoms with van der Waals surface area (Å²) >= 11 is 0. The van der Waals surface area contributed by atoms with Crippen LogP contribution in [0.25, 0.3) is 0 Å². The molecule has 0 unspecified atom stereocenters. The lowest BCUT2D eigenvalue weighted by Gasteiger charge is -2.04. The molecule has 0 spiro atoms. The number of nitrogens with one attached hydrogen (secondary N) is 2. The van der Waals surface area contributed by atoms with Crippen molar-refractivity contribution in [2.24, 2.45) is 0 Å². The fraction of sp³-hybridized carbons (Fsp3) is 0. The van der Waals surface area contributed by atoms with Gasteiger partial charge in [0.15, 0.2) is 0 Å². The Morgan fingerprint density at radius 3 is 2.76 bits per heavy atom. The fourth-order valence-corrected chi connectivity index (χ4v) is 0.793. The molecule has 0 aliphatic rings. The van der Waals surface area contributed by atoms with Crippen molar-refractivity contribution in [2.45, 2.75) is 0 Å². The molecule has 2 amide bonds. The van der Waals surface area contributed by atoms with Crippen LogP contribution < -0.4 is 15.6 Å². The standard InChI is InChI=1S/C7H6N4O6/c12-6(13)9-10-7(14)17-5-3-4(11(15)16)1-2-8-5/h1-3,9H,(H,10,14)(H,12,13). The van der Waals surface area contributed by atoms with Crippen LogP contribution in [0, 0.1) is 10.1 Å². The van der Waals surface area contributed by atoms with E-state index in [1.165, 1.54) is 5.43 Å². The third-order valence-corrected chi connectivity index (χ3v) is 1.40. The number of nitrogens with zero attached hydrogens (tertiary/aromatic N) is 2. The highest BCUT2D eigenvalue weighted by atomic mass is 16.6. The molecule has 0 saturated carbocycles. The Morgan fingerprint density at radius 1 is 1.47 bits per heavy atom. The van der Waals surface area contributed by atoms with Crippen LogP contribution in [-0.2, 0) is 0 Å². The van der Waals surface area contributed by atoms with E-state index >= 15 is 0 Å². The van der Waals surface area contributed by atoms with Gasteiger partial charge in [-0.25, -0.2) is 25.4 Å². The highest BCUT2D eigenvalue weighted by molar-refractivity contribution is 5.74. The van der Waals surface area contributed by atoms with Crippen molar-refractivity contribution in [3.05, 3.63) is 28.4 Å². The zero-order valence-electron chi connectivity index (χ0n) is 8.11. The predicted octanol–water partition coefficient (Wildman–Crippen LogP) is 0.261. The van der Waals surface area contributed by atoms with Crippen LogP contribution in [-0.4, -0.2) is 27.2 Å². The summed E-state index contributed by atoms with van der Waals surface area (Å²) in [6.07, 6.45) is -1.58. The summed E-state index contributed by atoms with van der Waals surface area (Å²) in [5.41, 5.74) is 2.88. The Hall–Kier alpha value is -2.91. The molecule has 10 nitrogen and oxygen atoms in total. The third-order valence-electron chi connectivity index (χ3n) is 1.40. The average molecular weight is 242 g/mol. The highest BCUT2D eigenvalue weighted by Gasteiger charge is 2.11. The van der Waals surface area contributed by atoms with Gasteiger partial charge in [0, 0.05) is 12.3 Å². The number of carbonyl (C=O) groups excluding carboxylic acids is 1. The van der Waals surface area contributed by atoms with Gasteiger partial charge < -0.3 is 9.84 Å². The number of pyridine rings is 1. The van der Waals surface area contributed by atoms with Crippen LogP contribution in [0.1, 0.15) is 0 Å². The number of ether oxygens (including phenoxy) is 1. The molecule has 1 aromatic heterocycles. The lowest BCUT2D eigenvalue weighted by Crippen LogP contribution is -2.42. The Kier molecular flexibility index (Phi) is 3.76. The Balaban J connectivity index is 2.62. The number of carbonyl (C=O) groups is 2. The number of rotatable bonds is 2. The van der Waals surface area contributed by atoms with E-state index in [2.05, 4.69) is 9.72 Å². The minimum Gasteiger partial charge on any atom is -0.464 e. The summed E-state index contributed by atoms with van der Waals surface area (Å²) in [6.45, 7) is 0. The lowest BCUT2D eigenvalue weighted by molar-refractivity contribution is -0.385. The normalized spacial score (nSPS) is 9.18. The second-order valence-electron chi connectivity index (χ2n) is 2.55. The molecule has 0 aromatic carbocycles. The molecule has 17 heavy (non-hydrogen) atoms. The van der Waals surface area contributed by atoms with Crippen LogP contribution in [0.15, 0.2) is 18.3 Å². The van der Waals surface area contributed by atoms with Crippen molar-refractivity contribution >= 4 is 17.9 Å². The van der Waals surface area contributed by atoms with Crippen LogP contribution in [0.5, 0.6) is 5.88 Å². The molecule has 0 aliphatic heterocycles. The number of hydrogen-bond acceptors (Lipinski definition) is 6. The first-order valence-electron chi connectivity index (χ1n) is 4.06. The van der Waals surface area contributed by atoms with E-state index < -0.39 is 17.1 Å². The molecule has 0 atom stereocenters. The van der Waals surface area contributed by atoms with Crippen LogP contribution in [0.4, 0.5) is 15.3 Å². The van der Waals surface area contributed by atoms with Gasteiger partial charge in [0.2, 0.25) is 5.88 Å². The second kappa shape index (κ2) is 5.25. The molecule has 0 radical (unpaired) electrons. The summed E-state index contributed by atoms with van der Waals surface area (Å²) in [5.74, 6) is -0.330. The minimum absolute atomic E-state index is 0.311. The number of aromatic nitrogens is 1. The summed E-state index contributed by atoms with van der Waals surface area (Å²) < 4.78 is 4.46. The Labute approximate surface area is 93.3 Å². The lowest BCUT2D eigenvalue weighted by atomic mass is 10.4. The van der Waals surface area contributed by atoms with E-state index in [9.17, 15) is 19.7 Å². The summed E-state index contributed by atoms with van der Waals surface area (Å²) in [4.78, 5) is 34.2. The monoisotopic (exact) mass is 242 g/mol. The van der Waals surface area contributed by atoms with Gasteiger partial charge in [0.1, 0.15) is 0 Å². The van der Waals surface area contributed by atoms with E-state index in [0.717, 1.165) is 18.3 Å². The molecule has 1 heterocycles. The van der Waals surface area contributed by atoms with E-state index in [-0.39, 0.29) is 11.6 Å². The number of nitro groups is 1. The molecular weight excluding hydrogens is 236 g/mol. The highest BCUT2D eigenvalue weighted by Crippen LogP contribution is 2.15. The van der Waals surface area contributed by atoms with Gasteiger partial charge in [-0.2, -0.15) is 0 Å². The SMILES string of the molecule is O=C(O)NNC(=O)Oc1cc([N+](=O)[O-])ccn1. The molecule has 90 valence electrons. The maximum Gasteiger partial charge on any atom is 0.432 e. The van der Waals surface area contributed by atoms with Crippen molar-refractivity contribution in [2.75, 3.05) is 0 Å². The molecule has 1 rings (SSSR count). The maximum absolute atomic E-state index is 10.9.